The summed E-state index contributed by atoms with van der Waals surface area (Å²) in [5.74, 6) is -0.501. The molecule has 33 heavy (non-hydrogen) atoms. The number of carbonyl (C=O) groups excluding carboxylic acids is 1. The number of sulfonamides is 2. The summed E-state index contributed by atoms with van der Waals surface area (Å²) in [6, 6.07) is 11.4. The van der Waals surface area contributed by atoms with Crippen LogP contribution in [0.15, 0.2) is 58.3 Å². The molecule has 0 saturated carbocycles. The molecular weight excluding hydrogens is 462 g/mol. The molecule has 1 saturated heterocycles. The molecule has 0 spiro atoms. The fourth-order valence-corrected chi connectivity index (χ4v) is 6.47. The molecule has 1 aliphatic heterocycles. The van der Waals surface area contributed by atoms with E-state index < -0.39 is 32.0 Å². The van der Waals surface area contributed by atoms with Crippen molar-refractivity contribution in [3.63, 3.8) is 0 Å². The fraction of sp³-hybridized carbons (Fsp3) is 0.435. The van der Waals surface area contributed by atoms with Gasteiger partial charge in [0.1, 0.15) is 6.04 Å². The third kappa shape index (κ3) is 6.41. The monoisotopic (exact) mass is 493 g/mol. The van der Waals surface area contributed by atoms with E-state index in [1.54, 1.807) is 24.3 Å². The fourth-order valence-electron chi connectivity index (χ4n) is 3.69. The van der Waals surface area contributed by atoms with Crippen molar-refractivity contribution in [2.24, 2.45) is 5.92 Å². The first-order valence-corrected chi connectivity index (χ1v) is 13.9. The summed E-state index contributed by atoms with van der Waals surface area (Å²) >= 11 is 0. The Balaban J connectivity index is 1.80. The van der Waals surface area contributed by atoms with Crippen molar-refractivity contribution in [3.05, 3.63) is 54.1 Å². The molecule has 1 heterocycles. The summed E-state index contributed by atoms with van der Waals surface area (Å²) < 4.78 is 55.3. The maximum absolute atomic E-state index is 13.0. The van der Waals surface area contributed by atoms with Crippen LogP contribution in [0.2, 0.25) is 0 Å². The molecule has 2 N–H and O–H groups in total. The average Bonchev–Trinajstić information content (AvgIpc) is 3.29. The number of rotatable bonds is 9. The van der Waals surface area contributed by atoms with E-state index in [0.29, 0.717) is 18.8 Å². The summed E-state index contributed by atoms with van der Waals surface area (Å²) in [7, 11) is -7.55. The maximum Gasteiger partial charge on any atom is 0.243 e. The molecule has 8 nitrogen and oxygen atoms in total. The van der Waals surface area contributed by atoms with Gasteiger partial charge in [0.05, 0.1) is 9.79 Å². The molecule has 0 aliphatic carbocycles. The molecule has 1 atom stereocenters. The minimum absolute atomic E-state index is 0.0448. The van der Waals surface area contributed by atoms with Gasteiger partial charge in [-0.15, -0.1) is 0 Å². The minimum atomic E-state index is -3.92. The van der Waals surface area contributed by atoms with Crippen molar-refractivity contribution in [3.8, 4) is 0 Å². The van der Waals surface area contributed by atoms with Gasteiger partial charge in [-0.05, 0) is 62.4 Å². The van der Waals surface area contributed by atoms with Crippen LogP contribution in [0.3, 0.4) is 0 Å². The van der Waals surface area contributed by atoms with E-state index in [1.165, 1.54) is 28.6 Å². The Bertz CT molecular complexity index is 1190. The maximum atomic E-state index is 13.0. The number of hydrogen-bond donors (Lipinski definition) is 2. The predicted molar refractivity (Wildman–Crippen MR) is 128 cm³/mol. The van der Waals surface area contributed by atoms with Gasteiger partial charge in [0, 0.05) is 18.8 Å². The number of carbonyl (C=O) groups is 1. The highest BCUT2D eigenvalue weighted by Gasteiger charge is 2.29. The zero-order valence-electron chi connectivity index (χ0n) is 19.1. The van der Waals surface area contributed by atoms with Crippen molar-refractivity contribution < 1.29 is 21.6 Å². The van der Waals surface area contributed by atoms with Gasteiger partial charge in [0.15, 0.2) is 0 Å². The Morgan fingerprint density at radius 3 is 2.21 bits per heavy atom. The number of benzene rings is 2. The van der Waals surface area contributed by atoms with Crippen molar-refractivity contribution in [2.75, 3.05) is 18.4 Å². The Morgan fingerprint density at radius 2 is 1.61 bits per heavy atom. The second kappa shape index (κ2) is 10.3. The summed E-state index contributed by atoms with van der Waals surface area (Å²) in [5.41, 5.74) is 1.22. The normalized spacial score (nSPS) is 16.1. The van der Waals surface area contributed by atoms with Crippen LogP contribution in [-0.4, -0.2) is 46.2 Å². The molecule has 3 rings (SSSR count). The van der Waals surface area contributed by atoms with Crippen LogP contribution >= 0.6 is 0 Å². The summed E-state index contributed by atoms with van der Waals surface area (Å²) in [6.07, 6.45) is 1.93. The molecule has 1 amide bonds. The van der Waals surface area contributed by atoms with E-state index in [2.05, 4.69) is 10.0 Å². The predicted octanol–water partition coefficient (Wildman–Crippen LogP) is 3.11. The Hall–Kier alpha value is -2.27. The van der Waals surface area contributed by atoms with Crippen LogP contribution in [0.4, 0.5) is 5.69 Å². The van der Waals surface area contributed by atoms with Crippen molar-refractivity contribution in [1.29, 1.82) is 0 Å². The quantitative estimate of drug-likeness (QED) is 0.557. The highest BCUT2D eigenvalue weighted by atomic mass is 32.2. The molecule has 1 aliphatic rings. The molecule has 10 heteroatoms. The van der Waals surface area contributed by atoms with Gasteiger partial charge in [0.2, 0.25) is 26.0 Å². The van der Waals surface area contributed by atoms with Crippen LogP contribution in [0.25, 0.3) is 0 Å². The molecule has 2 aromatic rings. The standard InChI is InChI=1S/C23H31N3O5S2/c1-17(2)15-22(25-32(28,29)20-11-9-18(3)10-12-20)23(27)24-19-7-6-8-21(16-19)33(30,31)26-13-4-5-14-26/h6-12,16-17,22,25H,4-5,13-15H2,1-3H3,(H,24,27)/t22-/m1/s1. The van der Waals surface area contributed by atoms with Crippen molar-refractivity contribution in [1.82, 2.24) is 9.03 Å². The lowest BCUT2D eigenvalue weighted by Crippen LogP contribution is -2.44. The number of nitrogens with one attached hydrogen (secondary N) is 2. The summed E-state index contributed by atoms with van der Waals surface area (Å²) in [4.78, 5) is 13.2. The molecule has 2 aromatic carbocycles. The third-order valence-corrected chi connectivity index (χ3v) is 8.84. The summed E-state index contributed by atoms with van der Waals surface area (Å²) in [6.45, 7) is 6.61. The number of aryl methyl sites for hydroxylation is 1. The minimum Gasteiger partial charge on any atom is -0.325 e. The van der Waals surface area contributed by atoms with E-state index >= 15 is 0 Å². The van der Waals surface area contributed by atoms with Crippen molar-refractivity contribution in [2.45, 2.75) is 55.9 Å². The van der Waals surface area contributed by atoms with Crippen LogP contribution in [0.5, 0.6) is 0 Å². The van der Waals surface area contributed by atoms with E-state index in [0.717, 1.165) is 18.4 Å². The largest absolute Gasteiger partial charge is 0.325 e. The second-order valence-corrected chi connectivity index (χ2v) is 12.4. The summed E-state index contributed by atoms with van der Waals surface area (Å²) in [5, 5.41) is 2.68. The number of nitrogens with zero attached hydrogens (tertiary/aromatic N) is 1. The Kier molecular flexibility index (Phi) is 7.94. The van der Waals surface area contributed by atoms with E-state index in [9.17, 15) is 21.6 Å². The van der Waals surface area contributed by atoms with Crippen LogP contribution in [0, 0.1) is 12.8 Å². The molecule has 0 unspecified atom stereocenters. The van der Waals surface area contributed by atoms with Gasteiger partial charge >= 0.3 is 0 Å². The number of amides is 1. The highest BCUT2D eigenvalue weighted by Crippen LogP contribution is 2.23. The first kappa shape index (κ1) is 25.4. The zero-order chi connectivity index (χ0) is 24.2. The molecule has 0 bridgehead atoms. The van der Waals surface area contributed by atoms with Gasteiger partial charge in [-0.2, -0.15) is 9.03 Å². The van der Waals surface area contributed by atoms with Gasteiger partial charge in [0.25, 0.3) is 0 Å². The SMILES string of the molecule is Cc1ccc(S(=O)(=O)N[C@H](CC(C)C)C(=O)Nc2cccc(S(=O)(=O)N3CCCC3)c2)cc1. The number of anilines is 1. The third-order valence-electron chi connectivity index (χ3n) is 5.46. The van der Waals surface area contributed by atoms with Crippen LogP contribution < -0.4 is 10.0 Å². The first-order valence-electron chi connectivity index (χ1n) is 11.0. The smallest absolute Gasteiger partial charge is 0.243 e. The molecule has 0 aromatic heterocycles. The lowest BCUT2D eigenvalue weighted by molar-refractivity contribution is -0.118. The van der Waals surface area contributed by atoms with Crippen LogP contribution in [-0.2, 0) is 24.8 Å². The van der Waals surface area contributed by atoms with Crippen LogP contribution in [0.1, 0.15) is 38.7 Å². The first-order chi connectivity index (χ1) is 15.5. The molecule has 1 fully saturated rings. The second-order valence-electron chi connectivity index (χ2n) is 8.74. The van der Waals surface area contributed by atoms with Crippen molar-refractivity contribution >= 4 is 31.6 Å². The lowest BCUT2D eigenvalue weighted by atomic mass is 10.0. The highest BCUT2D eigenvalue weighted by molar-refractivity contribution is 7.89. The van der Waals surface area contributed by atoms with Gasteiger partial charge in [-0.1, -0.05) is 37.6 Å². The molecule has 0 radical (unpaired) electrons. The van der Waals surface area contributed by atoms with Gasteiger partial charge < -0.3 is 5.32 Å². The lowest BCUT2D eigenvalue weighted by Gasteiger charge is -2.21. The average molecular weight is 494 g/mol. The Labute approximate surface area is 196 Å². The topological polar surface area (TPSA) is 113 Å². The van der Waals surface area contributed by atoms with Gasteiger partial charge in [-0.3, -0.25) is 4.79 Å². The zero-order valence-corrected chi connectivity index (χ0v) is 20.7. The van der Waals surface area contributed by atoms with E-state index in [1.807, 2.05) is 20.8 Å². The number of hydrogen-bond acceptors (Lipinski definition) is 5. The Morgan fingerprint density at radius 1 is 0.970 bits per heavy atom. The van der Waals surface area contributed by atoms with E-state index in [4.69, 9.17) is 0 Å². The molecule has 180 valence electrons. The molecular formula is C23H31N3O5S2. The van der Waals surface area contributed by atoms with Gasteiger partial charge in [-0.25, -0.2) is 16.8 Å². The van der Waals surface area contributed by atoms with E-state index in [-0.39, 0.29) is 22.1 Å².